The molecular formula is C19H22N2O5S. The van der Waals surface area contributed by atoms with Crippen LogP contribution in [0.2, 0.25) is 0 Å². The van der Waals surface area contributed by atoms with Crippen LogP contribution >= 0.6 is 11.3 Å². The van der Waals surface area contributed by atoms with Crippen LogP contribution in [0.1, 0.15) is 47.4 Å². The van der Waals surface area contributed by atoms with E-state index in [1.54, 1.807) is 36.6 Å². The molecule has 1 aromatic heterocycles. The second-order valence-corrected chi connectivity index (χ2v) is 6.43. The highest BCUT2D eigenvalue weighted by atomic mass is 32.1. The van der Waals surface area contributed by atoms with Crippen molar-refractivity contribution >= 4 is 34.2 Å². The van der Waals surface area contributed by atoms with Gasteiger partial charge < -0.3 is 14.8 Å². The minimum atomic E-state index is -0.829. The van der Waals surface area contributed by atoms with Crippen molar-refractivity contribution in [2.75, 3.05) is 18.5 Å². The number of nitrogens with one attached hydrogen (secondary N) is 2. The molecule has 7 nitrogen and oxygen atoms in total. The number of anilines is 1. The second kappa shape index (κ2) is 10.3. The van der Waals surface area contributed by atoms with Gasteiger partial charge in [0.15, 0.2) is 0 Å². The maximum atomic E-state index is 12.4. The minimum absolute atomic E-state index is 0.157. The van der Waals surface area contributed by atoms with E-state index in [9.17, 15) is 14.4 Å². The normalized spacial score (nSPS) is 10.1. The van der Waals surface area contributed by atoms with Crippen molar-refractivity contribution in [1.29, 1.82) is 0 Å². The van der Waals surface area contributed by atoms with E-state index in [0.717, 1.165) is 12.8 Å². The number of hydrogen-bond donors (Lipinski definition) is 2. The monoisotopic (exact) mass is 390 g/mol. The van der Waals surface area contributed by atoms with Crippen LogP contribution in [0, 0.1) is 0 Å². The number of rotatable bonds is 8. The largest absolute Gasteiger partial charge is 0.494 e. The Bertz CT molecular complexity index is 786. The van der Waals surface area contributed by atoms with E-state index in [1.807, 2.05) is 0 Å². The Morgan fingerprint density at radius 1 is 1.04 bits per heavy atom. The van der Waals surface area contributed by atoms with Crippen LogP contribution in [0.15, 0.2) is 35.7 Å². The van der Waals surface area contributed by atoms with Crippen molar-refractivity contribution in [2.24, 2.45) is 0 Å². The summed E-state index contributed by atoms with van der Waals surface area (Å²) in [6.07, 6.45) is 1.19. The van der Waals surface area contributed by atoms with E-state index in [4.69, 9.17) is 4.74 Å². The molecule has 2 rings (SSSR count). The first-order valence-electron chi connectivity index (χ1n) is 8.65. The molecule has 3 amide bonds. The molecular weight excluding hydrogens is 368 g/mol. The molecule has 0 fully saturated rings. The first kappa shape index (κ1) is 20.4. The lowest BCUT2D eigenvalue weighted by molar-refractivity contribution is 0.0926. The third kappa shape index (κ3) is 6.10. The highest BCUT2D eigenvalue weighted by molar-refractivity contribution is 7.14. The molecule has 0 unspecified atom stereocenters. The van der Waals surface area contributed by atoms with Crippen molar-refractivity contribution in [1.82, 2.24) is 5.32 Å². The number of carbonyl (C=O) groups excluding carboxylic acids is 3. The average Bonchev–Trinajstić information content (AvgIpc) is 3.11. The van der Waals surface area contributed by atoms with Gasteiger partial charge in [0.2, 0.25) is 0 Å². The van der Waals surface area contributed by atoms with Gasteiger partial charge in [-0.2, -0.15) is 0 Å². The standard InChI is InChI=1S/C19H22N2O5S/c1-3-5-11-26-14-8-6-13(7-9-14)16(22)20-18-15(10-12-27-18)17(23)21-19(24)25-4-2/h6-10,12H,3-5,11H2,1-2H3,(H,20,22)(H,21,23,24). The molecule has 0 spiro atoms. The molecule has 0 saturated heterocycles. The Morgan fingerprint density at radius 3 is 2.44 bits per heavy atom. The summed E-state index contributed by atoms with van der Waals surface area (Å²) in [6, 6.07) is 8.30. The lowest BCUT2D eigenvalue weighted by Crippen LogP contribution is -2.31. The number of carbonyl (C=O) groups is 3. The summed E-state index contributed by atoms with van der Waals surface area (Å²) in [6.45, 7) is 4.52. The predicted octanol–water partition coefficient (Wildman–Crippen LogP) is 4.07. The number of amides is 3. The average molecular weight is 390 g/mol. The van der Waals surface area contributed by atoms with E-state index in [0.29, 0.717) is 22.9 Å². The van der Waals surface area contributed by atoms with Crippen molar-refractivity contribution in [3.8, 4) is 5.75 Å². The second-order valence-electron chi connectivity index (χ2n) is 5.52. The summed E-state index contributed by atoms with van der Waals surface area (Å²) in [4.78, 5) is 35.9. The number of thiophene rings is 1. The molecule has 27 heavy (non-hydrogen) atoms. The molecule has 1 aromatic carbocycles. The Labute approximate surface area is 161 Å². The van der Waals surface area contributed by atoms with Gasteiger partial charge in [-0.15, -0.1) is 11.3 Å². The molecule has 144 valence electrons. The zero-order valence-corrected chi connectivity index (χ0v) is 16.1. The Kier molecular flexibility index (Phi) is 7.81. The topological polar surface area (TPSA) is 93.7 Å². The highest BCUT2D eigenvalue weighted by Crippen LogP contribution is 2.24. The van der Waals surface area contributed by atoms with Crippen LogP contribution in [0.3, 0.4) is 0 Å². The van der Waals surface area contributed by atoms with Gasteiger partial charge in [0.1, 0.15) is 10.8 Å². The van der Waals surface area contributed by atoms with Crippen LogP contribution < -0.4 is 15.4 Å². The molecule has 8 heteroatoms. The van der Waals surface area contributed by atoms with Crippen molar-refractivity contribution in [2.45, 2.75) is 26.7 Å². The molecule has 0 atom stereocenters. The van der Waals surface area contributed by atoms with Gasteiger partial charge in [-0.1, -0.05) is 13.3 Å². The summed E-state index contributed by atoms with van der Waals surface area (Å²) in [5.74, 6) is -0.293. The van der Waals surface area contributed by atoms with Crippen LogP contribution in [0.4, 0.5) is 9.80 Å². The first-order chi connectivity index (χ1) is 13.0. The van der Waals surface area contributed by atoms with Crippen LogP contribution in [0.25, 0.3) is 0 Å². The molecule has 0 aliphatic heterocycles. The fourth-order valence-electron chi connectivity index (χ4n) is 2.12. The summed E-state index contributed by atoms with van der Waals surface area (Å²) in [5.41, 5.74) is 0.629. The lowest BCUT2D eigenvalue weighted by atomic mass is 10.2. The van der Waals surface area contributed by atoms with Crippen LogP contribution in [-0.4, -0.2) is 31.1 Å². The molecule has 0 bridgehead atoms. The predicted molar refractivity (Wildman–Crippen MR) is 104 cm³/mol. The third-order valence-corrected chi connectivity index (χ3v) is 4.34. The Morgan fingerprint density at radius 2 is 1.78 bits per heavy atom. The first-order valence-corrected chi connectivity index (χ1v) is 9.53. The fourth-order valence-corrected chi connectivity index (χ4v) is 2.90. The zero-order valence-electron chi connectivity index (χ0n) is 15.2. The zero-order chi connectivity index (χ0) is 19.6. The van der Waals surface area contributed by atoms with Gasteiger partial charge in [-0.3, -0.25) is 14.9 Å². The Balaban J connectivity index is 1.99. The summed E-state index contributed by atoms with van der Waals surface area (Å²) >= 11 is 1.19. The number of hydrogen-bond acceptors (Lipinski definition) is 6. The van der Waals surface area contributed by atoms with Gasteiger partial charge >= 0.3 is 6.09 Å². The quantitative estimate of drug-likeness (QED) is 0.663. The maximum Gasteiger partial charge on any atom is 0.414 e. The van der Waals surface area contributed by atoms with Gasteiger partial charge in [-0.05, 0) is 49.1 Å². The molecule has 2 N–H and O–H groups in total. The number of alkyl carbamates (subject to hydrolysis) is 1. The molecule has 0 radical (unpaired) electrons. The van der Waals surface area contributed by atoms with E-state index in [2.05, 4.69) is 22.3 Å². The number of benzene rings is 1. The number of imide groups is 1. The minimum Gasteiger partial charge on any atom is -0.494 e. The smallest absolute Gasteiger partial charge is 0.414 e. The fraction of sp³-hybridized carbons (Fsp3) is 0.316. The van der Waals surface area contributed by atoms with Gasteiger partial charge in [0.25, 0.3) is 11.8 Å². The van der Waals surface area contributed by atoms with E-state index < -0.39 is 12.0 Å². The van der Waals surface area contributed by atoms with Gasteiger partial charge in [0, 0.05) is 5.56 Å². The maximum absolute atomic E-state index is 12.4. The number of ether oxygens (including phenoxy) is 2. The number of unbranched alkanes of at least 4 members (excludes halogenated alkanes) is 1. The van der Waals surface area contributed by atoms with Crippen molar-refractivity contribution in [3.63, 3.8) is 0 Å². The van der Waals surface area contributed by atoms with E-state index in [1.165, 1.54) is 17.4 Å². The molecule has 1 heterocycles. The third-order valence-electron chi connectivity index (χ3n) is 3.51. The van der Waals surface area contributed by atoms with E-state index in [-0.39, 0.29) is 18.1 Å². The van der Waals surface area contributed by atoms with Crippen molar-refractivity contribution in [3.05, 3.63) is 46.8 Å². The summed E-state index contributed by atoms with van der Waals surface area (Å²) in [5, 5.41) is 6.80. The van der Waals surface area contributed by atoms with Crippen molar-refractivity contribution < 1.29 is 23.9 Å². The SMILES string of the molecule is CCCCOc1ccc(C(=O)Nc2sccc2C(=O)NC(=O)OCC)cc1. The van der Waals surface area contributed by atoms with Crippen LogP contribution in [0.5, 0.6) is 5.75 Å². The molecule has 2 aromatic rings. The van der Waals surface area contributed by atoms with Gasteiger partial charge in [-0.25, -0.2) is 4.79 Å². The summed E-state index contributed by atoms with van der Waals surface area (Å²) in [7, 11) is 0. The molecule has 0 saturated carbocycles. The Hall–Kier alpha value is -2.87. The highest BCUT2D eigenvalue weighted by Gasteiger charge is 2.18. The van der Waals surface area contributed by atoms with Crippen LogP contribution in [-0.2, 0) is 4.74 Å². The summed E-state index contributed by atoms with van der Waals surface area (Å²) < 4.78 is 10.2. The molecule has 0 aliphatic rings. The van der Waals surface area contributed by atoms with E-state index >= 15 is 0 Å². The van der Waals surface area contributed by atoms with Gasteiger partial charge in [0.05, 0.1) is 18.8 Å². The lowest BCUT2D eigenvalue weighted by Gasteiger charge is -2.08. The molecule has 0 aliphatic carbocycles.